The van der Waals surface area contributed by atoms with Gasteiger partial charge in [0.05, 0.1) is 11.6 Å². The van der Waals surface area contributed by atoms with Crippen LogP contribution in [-0.4, -0.2) is 10.1 Å². The number of hydrogen-bond donors (Lipinski definition) is 1. The van der Waals surface area contributed by atoms with Crippen molar-refractivity contribution in [3.63, 3.8) is 0 Å². The van der Waals surface area contributed by atoms with Crippen LogP contribution < -0.4 is 4.74 Å². The zero-order valence-corrected chi connectivity index (χ0v) is 12.0. The first kappa shape index (κ1) is 13.8. The van der Waals surface area contributed by atoms with Gasteiger partial charge in [-0.05, 0) is 50.1 Å². The average molecular weight is 278 g/mol. The Bertz CT molecular complexity index is 611. The van der Waals surface area contributed by atoms with Crippen LogP contribution >= 0.6 is 11.6 Å². The van der Waals surface area contributed by atoms with Crippen molar-refractivity contribution in [2.45, 2.75) is 27.4 Å². The molecule has 0 amide bonds. The van der Waals surface area contributed by atoms with Gasteiger partial charge >= 0.3 is 0 Å². The maximum absolute atomic E-state index is 9.44. The summed E-state index contributed by atoms with van der Waals surface area (Å²) in [4.78, 5) is 4.33. The van der Waals surface area contributed by atoms with Crippen LogP contribution in [0.3, 0.4) is 0 Å². The van der Waals surface area contributed by atoms with Crippen molar-refractivity contribution in [2.24, 2.45) is 0 Å². The topological polar surface area (TPSA) is 42.4 Å². The fourth-order valence-corrected chi connectivity index (χ4v) is 2.05. The van der Waals surface area contributed by atoms with E-state index in [2.05, 4.69) is 4.98 Å². The number of aryl methyl sites for hydroxylation is 3. The molecule has 0 unspecified atom stereocenters. The molecule has 2 aromatic rings. The van der Waals surface area contributed by atoms with Gasteiger partial charge in [0.15, 0.2) is 0 Å². The van der Waals surface area contributed by atoms with Gasteiger partial charge in [-0.25, -0.2) is 4.98 Å². The SMILES string of the molecule is Cc1ccc(Cl)c(Oc2nc(C)cc(C)c2CO)c1. The molecule has 100 valence electrons. The van der Waals surface area contributed by atoms with Crippen LogP contribution in [0.5, 0.6) is 11.6 Å². The number of ether oxygens (including phenoxy) is 1. The third kappa shape index (κ3) is 3.06. The van der Waals surface area contributed by atoms with Gasteiger partial charge in [-0.2, -0.15) is 0 Å². The van der Waals surface area contributed by atoms with Gasteiger partial charge in [-0.3, -0.25) is 0 Å². The average Bonchev–Trinajstić information content (AvgIpc) is 2.33. The molecule has 19 heavy (non-hydrogen) atoms. The van der Waals surface area contributed by atoms with Crippen molar-refractivity contribution in [2.75, 3.05) is 0 Å². The number of aliphatic hydroxyl groups excluding tert-OH is 1. The molecule has 0 aliphatic carbocycles. The van der Waals surface area contributed by atoms with Crippen LogP contribution in [0.15, 0.2) is 24.3 Å². The maximum Gasteiger partial charge on any atom is 0.225 e. The van der Waals surface area contributed by atoms with E-state index in [4.69, 9.17) is 16.3 Å². The van der Waals surface area contributed by atoms with Crippen molar-refractivity contribution in [1.29, 1.82) is 0 Å². The summed E-state index contributed by atoms with van der Waals surface area (Å²) in [6.07, 6.45) is 0. The lowest BCUT2D eigenvalue weighted by atomic mass is 10.1. The van der Waals surface area contributed by atoms with Gasteiger partial charge in [-0.1, -0.05) is 17.7 Å². The van der Waals surface area contributed by atoms with E-state index in [0.29, 0.717) is 22.2 Å². The molecule has 1 heterocycles. The number of nitrogens with zero attached hydrogens (tertiary/aromatic N) is 1. The summed E-state index contributed by atoms with van der Waals surface area (Å²) in [5, 5.41) is 9.96. The molecule has 0 bridgehead atoms. The number of aliphatic hydroxyl groups is 1. The first-order valence-electron chi connectivity index (χ1n) is 6.03. The van der Waals surface area contributed by atoms with E-state index < -0.39 is 0 Å². The molecule has 2 rings (SSSR count). The molecule has 4 heteroatoms. The van der Waals surface area contributed by atoms with E-state index in [1.807, 2.05) is 39.0 Å². The summed E-state index contributed by atoms with van der Waals surface area (Å²) in [5.74, 6) is 0.960. The highest BCUT2D eigenvalue weighted by Gasteiger charge is 2.12. The molecule has 0 aliphatic heterocycles. The molecule has 0 saturated heterocycles. The fourth-order valence-electron chi connectivity index (χ4n) is 1.90. The number of hydrogen-bond acceptors (Lipinski definition) is 3. The lowest BCUT2D eigenvalue weighted by Gasteiger charge is -2.13. The fraction of sp³-hybridized carbons (Fsp3) is 0.267. The summed E-state index contributed by atoms with van der Waals surface area (Å²) < 4.78 is 5.77. The van der Waals surface area contributed by atoms with Gasteiger partial charge in [0.25, 0.3) is 0 Å². The normalized spacial score (nSPS) is 10.6. The Labute approximate surface area is 117 Å². The molecule has 1 aromatic carbocycles. The van der Waals surface area contributed by atoms with Crippen molar-refractivity contribution < 1.29 is 9.84 Å². The largest absolute Gasteiger partial charge is 0.437 e. The van der Waals surface area contributed by atoms with Gasteiger partial charge in [0.1, 0.15) is 5.75 Å². The van der Waals surface area contributed by atoms with Crippen LogP contribution in [0.1, 0.15) is 22.4 Å². The Kier molecular flexibility index (Phi) is 4.08. The Morgan fingerprint density at radius 2 is 1.95 bits per heavy atom. The smallest absolute Gasteiger partial charge is 0.225 e. The third-order valence-corrected chi connectivity index (χ3v) is 3.20. The molecule has 0 saturated carbocycles. The summed E-state index contributed by atoms with van der Waals surface area (Å²) in [6.45, 7) is 5.66. The second kappa shape index (κ2) is 5.59. The summed E-state index contributed by atoms with van der Waals surface area (Å²) in [7, 11) is 0. The zero-order valence-electron chi connectivity index (χ0n) is 11.2. The number of benzene rings is 1. The monoisotopic (exact) mass is 277 g/mol. The highest BCUT2D eigenvalue weighted by molar-refractivity contribution is 6.32. The van der Waals surface area contributed by atoms with Crippen LogP contribution in [0, 0.1) is 20.8 Å². The summed E-state index contributed by atoms with van der Waals surface area (Å²) in [5.41, 5.74) is 3.53. The minimum Gasteiger partial charge on any atom is -0.437 e. The first-order valence-corrected chi connectivity index (χ1v) is 6.41. The number of rotatable bonds is 3. The highest BCUT2D eigenvalue weighted by atomic mass is 35.5. The van der Waals surface area contributed by atoms with E-state index in [9.17, 15) is 5.11 Å². The minimum absolute atomic E-state index is 0.113. The van der Waals surface area contributed by atoms with Crippen molar-refractivity contribution in [3.8, 4) is 11.6 Å². The van der Waals surface area contributed by atoms with Crippen molar-refractivity contribution >= 4 is 11.6 Å². The third-order valence-electron chi connectivity index (χ3n) is 2.89. The van der Waals surface area contributed by atoms with E-state index in [1.165, 1.54) is 0 Å². The lowest BCUT2D eigenvalue weighted by Crippen LogP contribution is -2.00. The van der Waals surface area contributed by atoms with Gasteiger partial charge < -0.3 is 9.84 Å². The Morgan fingerprint density at radius 1 is 1.21 bits per heavy atom. The Hall–Kier alpha value is -1.58. The van der Waals surface area contributed by atoms with Crippen LogP contribution in [0.2, 0.25) is 5.02 Å². The molecule has 0 aliphatic rings. The molecule has 0 spiro atoms. The second-order valence-corrected chi connectivity index (χ2v) is 4.97. The van der Waals surface area contributed by atoms with E-state index >= 15 is 0 Å². The van der Waals surface area contributed by atoms with Crippen molar-refractivity contribution in [3.05, 3.63) is 51.7 Å². The molecule has 1 N–H and O–H groups in total. The summed E-state index contributed by atoms with van der Waals surface area (Å²) >= 11 is 6.11. The first-order chi connectivity index (χ1) is 9.01. The van der Waals surface area contributed by atoms with E-state index in [-0.39, 0.29) is 6.61 Å². The van der Waals surface area contributed by atoms with E-state index in [1.54, 1.807) is 6.07 Å². The van der Waals surface area contributed by atoms with Crippen LogP contribution in [0.25, 0.3) is 0 Å². The van der Waals surface area contributed by atoms with E-state index in [0.717, 1.165) is 16.8 Å². The minimum atomic E-state index is -0.113. The molecular formula is C15H16ClNO2. The standard InChI is InChI=1S/C15H16ClNO2/c1-9-4-5-13(16)14(6-9)19-15-12(8-18)10(2)7-11(3)17-15/h4-7,18H,8H2,1-3H3. The Balaban J connectivity index is 2.45. The number of halogens is 1. The van der Waals surface area contributed by atoms with Crippen LogP contribution in [-0.2, 0) is 6.61 Å². The van der Waals surface area contributed by atoms with Crippen molar-refractivity contribution in [1.82, 2.24) is 4.98 Å². The van der Waals surface area contributed by atoms with Gasteiger partial charge in [-0.15, -0.1) is 0 Å². The quantitative estimate of drug-likeness (QED) is 0.924. The molecule has 3 nitrogen and oxygen atoms in total. The second-order valence-electron chi connectivity index (χ2n) is 4.56. The van der Waals surface area contributed by atoms with Gasteiger partial charge in [0.2, 0.25) is 5.88 Å². The molecule has 0 atom stereocenters. The highest BCUT2D eigenvalue weighted by Crippen LogP contribution is 2.32. The van der Waals surface area contributed by atoms with Gasteiger partial charge in [0, 0.05) is 11.3 Å². The maximum atomic E-state index is 9.44. The summed E-state index contributed by atoms with van der Waals surface area (Å²) in [6, 6.07) is 7.46. The van der Waals surface area contributed by atoms with Crippen LogP contribution in [0.4, 0.5) is 0 Å². The number of aromatic nitrogens is 1. The zero-order chi connectivity index (χ0) is 14.0. The molecular weight excluding hydrogens is 262 g/mol. The predicted molar refractivity (Wildman–Crippen MR) is 75.9 cm³/mol. The number of pyridine rings is 1. The molecule has 0 fully saturated rings. The molecule has 0 radical (unpaired) electrons. The predicted octanol–water partition coefficient (Wildman–Crippen LogP) is 3.94. The Morgan fingerprint density at radius 3 is 2.63 bits per heavy atom. The lowest BCUT2D eigenvalue weighted by molar-refractivity contribution is 0.274. The molecule has 1 aromatic heterocycles.